The molecule has 3 aromatic rings. The minimum atomic E-state index is -0.923. The van der Waals surface area contributed by atoms with Crippen molar-refractivity contribution in [3.63, 3.8) is 0 Å². The first-order valence-electron chi connectivity index (χ1n) is 7.12. The van der Waals surface area contributed by atoms with Crippen molar-refractivity contribution >= 4 is 45.7 Å². The Labute approximate surface area is 161 Å². The van der Waals surface area contributed by atoms with Crippen molar-refractivity contribution in [1.29, 1.82) is 0 Å². The minimum absolute atomic E-state index is 0.0879. The van der Waals surface area contributed by atoms with Gasteiger partial charge < -0.3 is 0 Å². The van der Waals surface area contributed by atoms with E-state index < -0.39 is 23.1 Å². The summed E-state index contributed by atoms with van der Waals surface area (Å²) in [7, 11) is 0. The molecule has 0 amide bonds. The van der Waals surface area contributed by atoms with Gasteiger partial charge in [0.25, 0.3) is 0 Å². The summed E-state index contributed by atoms with van der Waals surface area (Å²) in [6, 6.07) is 14.2. The first-order chi connectivity index (χ1) is 12.0. The lowest BCUT2D eigenvalue weighted by Crippen LogP contribution is -1.90. The number of thiocarbonyl (C=S) groups is 1. The molecule has 0 aliphatic carbocycles. The lowest BCUT2D eigenvalue weighted by atomic mass is 9.99. The third kappa shape index (κ3) is 3.81. The molecule has 0 atom stereocenters. The monoisotopic (exact) mass is 467 g/mol. The van der Waals surface area contributed by atoms with Crippen LogP contribution in [0, 0.1) is 21.0 Å². The van der Waals surface area contributed by atoms with E-state index in [1.165, 1.54) is 12.1 Å². The molecule has 0 N–H and O–H groups in total. The summed E-state index contributed by atoms with van der Waals surface area (Å²) >= 11 is 6.54. The molecule has 0 fully saturated rings. The normalized spacial score (nSPS) is 10.4. The summed E-state index contributed by atoms with van der Waals surface area (Å²) in [6.07, 6.45) is 0. The molecule has 1 nitrogen and oxygen atoms in total. The molecule has 3 rings (SSSR count). The highest BCUT2D eigenvalue weighted by Gasteiger charge is 2.14. The molecule has 25 heavy (non-hydrogen) atoms. The zero-order valence-electron chi connectivity index (χ0n) is 12.6. The van der Waals surface area contributed by atoms with Crippen LogP contribution in [0.2, 0.25) is 0 Å². The van der Waals surface area contributed by atoms with Gasteiger partial charge in [-0.05, 0) is 81.8 Å². The maximum absolute atomic E-state index is 14.5. The zero-order chi connectivity index (χ0) is 18.0. The number of halogens is 4. The molecule has 0 saturated heterocycles. The zero-order valence-corrected chi connectivity index (χ0v) is 15.5. The molecule has 0 heterocycles. The predicted molar refractivity (Wildman–Crippen MR) is 105 cm³/mol. The largest absolute Gasteiger partial charge is 0.206 e. The molecule has 0 bridgehead atoms. The second-order valence-electron chi connectivity index (χ2n) is 5.19. The van der Waals surface area contributed by atoms with Crippen LogP contribution in [-0.2, 0) is 0 Å². The van der Waals surface area contributed by atoms with Crippen LogP contribution in [0.25, 0.3) is 22.3 Å². The molecular formula is C19H9F3INS. The third-order valence-corrected chi connectivity index (χ3v) is 4.44. The van der Waals surface area contributed by atoms with Crippen molar-refractivity contribution in [3.05, 3.63) is 75.6 Å². The summed E-state index contributed by atoms with van der Waals surface area (Å²) in [6.45, 7) is 0. The highest BCUT2D eigenvalue weighted by molar-refractivity contribution is 14.1. The molecule has 124 valence electrons. The molecule has 3 aromatic carbocycles. The number of aliphatic imine (C=N–C) groups is 1. The lowest BCUT2D eigenvalue weighted by molar-refractivity contribution is 0.588. The van der Waals surface area contributed by atoms with Gasteiger partial charge in [-0.25, -0.2) is 13.2 Å². The Morgan fingerprint density at radius 2 is 1.32 bits per heavy atom. The van der Waals surface area contributed by atoms with Gasteiger partial charge in [-0.2, -0.15) is 4.99 Å². The van der Waals surface area contributed by atoms with Gasteiger partial charge in [0.1, 0.15) is 11.5 Å². The maximum Gasteiger partial charge on any atom is 0.153 e. The molecule has 0 unspecified atom stereocenters. The maximum atomic E-state index is 14.5. The molecule has 0 radical (unpaired) electrons. The Balaban J connectivity index is 2.04. The van der Waals surface area contributed by atoms with Gasteiger partial charge in [-0.3, -0.25) is 0 Å². The van der Waals surface area contributed by atoms with Crippen molar-refractivity contribution in [2.24, 2.45) is 4.99 Å². The SMILES string of the molecule is Fc1cc(-c2ccc(I)cc2)ccc1-c1cc(F)c(N=C=S)c(F)c1. The van der Waals surface area contributed by atoms with E-state index in [0.717, 1.165) is 21.3 Å². The predicted octanol–water partition coefficient (Wildman–Crippen LogP) is 6.78. The van der Waals surface area contributed by atoms with E-state index in [-0.39, 0.29) is 11.1 Å². The molecule has 0 aromatic heterocycles. The van der Waals surface area contributed by atoms with Gasteiger partial charge >= 0.3 is 0 Å². The fraction of sp³-hybridized carbons (Fsp3) is 0. The van der Waals surface area contributed by atoms with Crippen molar-refractivity contribution in [2.75, 3.05) is 0 Å². The smallest absolute Gasteiger partial charge is 0.153 e. The van der Waals surface area contributed by atoms with E-state index in [4.69, 9.17) is 0 Å². The summed E-state index contributed by atoms with van der Waals surface area (Å²) in [5.74, 6) is -2.41. The van der Waals surface area contributed by atoms with Gasteiger partial charge in [-0.1, -0.05) is 24.3 Å². The van der Waals surface area contributed by atoms with Gasteiger partial charge in [0.05, 0.1) is 5.16 Å². The number of hydrogen-bond acceptors (Lipinski definition) is 2. The van der Waals surface area contributed by atoms with Crippen molar-refractivity contribution < 1.29 is 13.2 Å². The summed E-state index contributed by atoms with van der Waals surface area (Å²) in [4.78, 5) is 3.34. The van der Waals surface area contributed by atoms with E-state index in [2.05, 4.69) is 39.8 Å². The summed E-state index contributed by atoms with van der Waals surface area (Å²) < 4.78 is 43.5. The summed E-state index contributed by atoms with van der Waals surface area (Å²) in [5, 5.41) is 1.92. The topological polar surface area (TPSA) is 12.4 Å². The number of benzene rings is 3. The van der Waals surface area contributed by atoms with Crippen LogP contribution in [0.4, 0.5) is 18.9 Å². The van der Waals surface area contributed by atoms with Gasteiger partial charge in [0.2, 0.25) is 0 Å². The van der Waals surface area contributed by atoms with E-state index in [1.54, 1.807) is 6.07 Å². The van der Waals surface area contributed by atoms with Gasteiger partial charge in [-0.15, -0.1) is 0 Å². The quantitative estimate of drug-likeness (QED) is 0.235. The average molecular weight is 467 g/mol. The number of isothiocyanates is 1. The molecule has 0 saturated carbocycles. The first-order valence-corrected chi connectivity index (χ1v) is 8.61. The molecule has 0 spiro atoms. The van der Waals surface area contributed by atoms with Crippen molar-refractivity contribution in [3.8, 4) is 22.3 Å². The number of hydrogen-bond donors (Lipinski definition) is 0. The highest BCUT2D eigenvalue weighted by atomic mass is 127. The van der Waals surface area contributed by atoms with E-state index in [0.29, 0.717) is 5.56 Å². The second kappa shape index (κ2) is 7.47. The van der Waals surface area contributed by atoms with Crippen LogP contribution in [-0.4, -0.2) is 5.16 Å². The second-order valence-corrected chi connectivity index (χ2v) is 6.62. The Morgan fingerprint density at radius 1 is 0.760 bits per heavy atom. The number of rotatable bonds is 3. The third-order valence-electron chi connectivity index (χ3n) is 3.63. The number of nitrogens with zero attached hydrogens (tertiary/aromatic N) is 1. The van der Waals surface area contributed by atoms with Crippen LogP contribution >= 0.6 is 34.8 Å². The standard InChI is InChI=1S/C19H9F3INS/c20-16-7-12(11-1-4-14(23)5-2-11)3-6-15(16)13-8-17(21)19(24-10-25)18(22)9-13/h1-9H. The first kappa shape index (κ1) is 17.8. The minimum Gasteiger partial charge on any atom is -0.206 e. The van der Waals surface area contributed by atoms with Crippen LogP contribution in [0.5, 0.6) is 0 Å². The van der Waals surface area contributed by atoms with Crippen LogP contribution in [0.3, 0.4) is 0 Å². The van der Waals surface area contributed by atoms with Crippen LogP contribution < -0.4 is 0 Å². The van der Waals surface area contributed by atoms with E-state index in [1.807, 2.05) is 29.4 Å². The van der Waals surface area contributed by atoms with Gasteiger partial charge in [0.15, 0.2) is 11.6 Å². The molecule has 6 heteroatoms. The summed E-state index contributed by atoms with van der Waals surface area (Å²) in [5.41, 5.74) is 1.19. The Bertz CT molecular complexity index is 973. The van der Waals surface area contributed by atoms with E-state index >= 15 is 0 Å². The highest BCUT2D eigenvalue weighted by Crippen LogP contribution is 2.32. The Hall–Kier alpha value is -2.02. The lowest BCUT2D eigenvalue weighted by Gasteiger charge is -2.09. The van der Waals surface area contributed by atoms with Gasteiger partial charge in [0, 0.05) is 9.13 Å². The fourth-order valence-electron chi connectivity index (χ4n) is 2.44. The van der Waals surface area contributed by atoms with Crippen molar-refractivity contribution in [1.82, 2.24) is 0 Å². The Kier molecular flexibility index (Phi) is 5.32. The average Bonchev–Trinajstić information content (AvgIpc) is 2.58. The van der Waals surface area contributed by atoms with Crippen LogP contribution in [0.1, 0.15) is 0 Å². The molecule has 0 aliphatic heterocycles. The Morgan fingerprint density at radius 3 is 1.88 bits per heavy atom. The van der Waals surface area contributed by atoms with Crippen LogP contribution in [0.15, 0.2) is 59.6 Å². The fourth-order valence-corrected chi connectivity index (χ4v) is 2.90. The van der Waals surface area contributed by atoms with E-state index in [9.17, 15) is 13.2 Å². The molecule has 0 aliphatic rings. The molecular weight excluding hydrogens is 458 g/mol. The van der Waals surface area contributed by atoms with Crippen molar-refractivity contribution in [2.45, 2.75) is 0 Å².